The second kappa shape index (κ2) is 8.58. The molecule has 0 saturated carbocycles. The number of carbonyl (C=O) groups excluding carboxylic acids is 1. The van der Waals surface area contributed by atoms with Crippen LogP contribution < -0.4 is 5.32 Å². The molecule has 9 nitrogen and oxygen atoms in total. The number of aromatic nitrogens is 5. The van der Waals surface area contributed by atoms with Gasteiger partial charge in [0, 0.05) is 34.1 Å². The van der Waals surface area contributed by atoms with E-state index in [1.807, 2.05) is 0 Å². The second-order valence-electron chi connectivity index (χ2n) is 6.76. The Bertz CT molecular complexity index is 1310. The molecule has 4 aromatic rings. The molecular weight excluding hydrogens is 508 g/mol. The molecule has 1 unspecified atom stereocenters. The number of nitrogens with one attached hydrogen (secondary N) is 1. The lowest BCUT2D eigenvalue weighted by Gasteiger charge is -2.18. The maximum absolute atomic E-state index is 13.3. The zero-order chi connectivity index (χ0) is 22.3. The predicted octanol–water partition coefficient (Wildman–Crippen LogP) is 4.33. The number of pyridine rings is 1. The van der Waals surface area contributed by atoms with E-state index in [2.05, 4.69) is 41.5 Å². The fraction of sp³-hybridized carbons (Fsp3) is 0.211. The van der Waals surface area contributed by atoms with Crippen molar-refractivity contribution in [3.05, 3.63) is 51.0 Å². The van der Waals surface area contributed by atoms with Gasteiger partial charge in [-0.15, -0.1) is 5.10 Å². The number of halogens is 2. The number of hydrogen-bond acceptors (Lipinski definition) is 8. The van der Waals surface area contributed by atoms with Crippen LogP contribution in [-0.4, -0.2) is 35.2 Å². The van der Waals surface area contributed by atoms with E-state index in [1.54, 1.807) is 32.2 Å². The second-order valence-corrected chi connectivity index (χ2v) is 9.39. The van der Waals surface area contributed by atoms with Gasteiger partial charge in [-0.2, -0.15) is 4.98 Å². The number of anilines is 2. The average Bonchev–Trinajstić information content (AvgIpc) is 3.31. The normalized spacial score (nSPS) is 12.3. The number of carbonyl (C=O) groups is 1. The lowest BCUT2D eigenvalue weighted by atomic mass is 10.1. The molecule has 0 amide bonds. The highest BCUT2D eigenvalue weighted by atomic mass is 79.9. The third-order valence-corrected chi connectivity index (χ3v) is 6.60. The highest BCUT2D eigenvalue weighted by Crippen LogP contribution is 2.40. The van der Waals surface area contributed by atoms with Gasteiger partial charge in [-0.25, -0.2) is 4.98 Å². The largest absolute Gasteiger partial charge is 0.610 e. The van der Waals surface area contributed by atoms with E-state index in [1.165, 1.54) is 17.9 Å². The van der Waals surface area contributed by atoms with Gasteiger partial charge >= 0.3 is 0 Å². The van der Waals surface area contributed by atoms with Gasteiger partial charge in [0.05, 0.1) is 16.2 Å². The van der Waals surface area contributed by atoms with Gasteiger partial charge in [0.15, 0.2) is 11.5 Å². The molecule has 0 spiro atoms. The van der Waals surface area contributed by atoms with Gasteiger partial charge in [-0.3, -0.25) is 9.48 Å². The van der Waals surface area contributed by atoms with Crippen LogP contribution in [0.3, 0.4) is 0 Å². The predicted molar refractivity (Wildman–Crippen MR) is 120 cm³/mol. The zero-order valence-corrected chi connectivity index (χ0v) is 19.8. The van der Waals surface area contributed by atoms with Crippen LogP contribution in [0.25, 0.3) is 10.9 Å². The molecule has 31 heavy (non-hydrogen) atoms. The molecule has 12 heteroatoms. The molecule has 1 N–H and O–H groups in total. The summed E-state index contributed by atoms with van der Waals surface area (Å²) >= 11 is 8.27. The maximum atomic E-state index is 13.3. The molecule has 3 heterocycles. The Morgan fingerprint density at radius 2 is 2.19 bits per heavy atom. The van der Waals surface area contributed by atoms with Gasteiger partial charge in [0.25, 0.3) is 5.03 Å². The Hall–Kier alpha value is -2.47. The van der Waals surface area contributed by atoms with Crippen molar-refractivity contribution in [2.45, 2.75) is 24.6 Å². The average molecular weight is 524 g/mol. The summed E-state index contributed by atoms with van der Waals surface area (Å²) in [7, 11) is 1.72. The van der Waals surface area contributed by atoms with E-state index in [9.17, 15) is 9.35 Å². The zero-order valence-electron chi connectivity index (χ0n) is 16.6. The first kappa shape index (κ1) is 21.8. The molecular formula is C19H16BrClN6O3S. The molecule has 0 saturated heterocycles. The van der Waals surface area contributed by atoms with Crippen molar-refractivity contribution in [3.63, 3.8) is 0 Å². The minimum Gasteiger partial charge on any atom is -0.610 e. The number of fused-ring (bicyclic) bond motifs is 1. The maximum Gasteiger partial charge on any atom is 0.258 e. The summed E-state index contributed by atoms with van der Waals surface area (Å²) in [5.41, 5.74) is 1.45. The van der Waals surface area contributed by atoms with E-state index in [-0.39, 0.29) is 28.1 Å². The molecule has 0 aliphatic carbocycles. The van der Waals surface area contributed by atoms with Crippen molar-refractivity contribution >= 4 is 67.0 Å². The Kier molecular flexibility index (Phi) is 6.02. The number of hydrogen-bond donors (Lipinski definition) is 1. The SMILES string of the molecule is CC(=O)c1c([S+]([O-])Cc2cc(C)on2)nc2c(Br)ccc(Cl)c2c1Nc1ncn(C)n1. The number of benzene rings is 1. The third-order valence-electron chi connectivity index (χ3n) is 4.36. The summed E-state index contributed by atoms with van der Waals surface area (Å²) in [5, 5.41) is 12.2. The minimum absolute atomic E-state index is 0.0373. The molecule has 1 atom stereocenters. The van der Waals surface area contributed by atoms with Crippen LogP contribution in [0.2, 0.25) is 5.02 Å². The standard InChI is InChI=1S/C19H16BrClN6O3S/c1-9-6-11(26-30-9)7-31(29)18-14(10(2)28)17(24-19-22-8-27(3)25-19)15-13(21)5-4-12(20)16(15)23-18/h4-6,8H,7H2,1-3H3,(H,23,24,25). The highest BCUT2D eigenvalue weighted by molar-refractivity contribution is 9.10. The van der Waals surface area contributed by atoms with Crippen LogP contribution in [0.15, 0.2) is 38.5 Å². The Balaban J connectivity index is 1.95. The molecule has 0 radical (unpaired) electrons. The molecule has 3 aromatic heterocycles. The van der Waals surface area contributed by atoms with E-state index in [0.717, 1.165) is 0 Å². The smallest absolute Gasteiger partial charge is 0.258 e. The van der Waals surface area contributed by atoms with Crippen LogP contribution in [0.1, 0.15) is 28.7 Å². The molecule has 0 aliphatic rings. The number of Topliss-reactive ketones (excluding diaryl/α,β-unsaturated/α-hetero) is 1. The minimum atomic E-state index is -1.69. The summed E-state index contributed by atoms with van der Waals surface area (Å²) in [5.74, 6) is 0.569. The van der Waals surface area contributed by atoms with Gasteiger partial charge in [-0.05, 0) is 41.9 Å². The van der Waals surface area contributed by atoms with Crippen molar-refractivity contribution in [1.82, 2.24) is 24.9 Å². The Morgan fingerprint density at radius 3 is 2.81 bits per heavy atom. The Morgan fingerprint density at radius 1 is 1.42 bits per heavy atom. The Labute approximate surface area is 193 Å². The van der Waals surface area contributed by atoms with E-state index in [4.69, 9.17) is 16.1 Å². The quantitative estimate of drug-likeness (QED) is 0.293. The number of rotatable bonds is 6. The lowest BCUT2D eigenvalue weighted by Crippen LogP contribution is -2.16. The van der Waals surface area contributed by atoms with Crippen LogP contribution in [0.4, 0.5) is 11.6 Å². The summed E-state index contributed by atoms with van der Waals surface area (Å²) in [6.07, 6.45) is 1.52. The van der Waals surface area contributed by atoms with Crippen LogP contribution in [-0.2, 0) is 24.0 Å². The number of ketones is 1. The van der Waals surface area contributed by atoms with Gasteiger partial charge in [0.2, 0.25) is 5.95 Å². The summed E-state index contributed by atoms with van der Waals surface area (Å²) < 4.78 is 20.5. The molecule has 4 rings (SSSR count). The first-order valence-corrected chi connectivity index (χ1v) is 11.5. The first-order chi connectivity index (χ1) is 14.7. The summed E-state index contributed by atoms with van der Waals surface area (Å²) in [6.45, 7) is 3.13. The van der Waals surface area contributed by atoms with Crippen molar-refractivity contribution < 1.29 is 13.9 Å². The van der Waals surface area contributed by atoms with Crippen molar-refractivity contribution in [2.24, 2.45) is 7.05 Å². The number of aryl methyl sites for hydroxylation is 2. The monoisotopic (exact) mass is 522 g/mol. The van der Waals surface area contributed by atoms with Gasteiger partial charge in [0.1, 0.15) is 23.3 Å². The van der Waals surface area contributed by atoms with Crippen molar-refractivity contribution in [2.75, 3.05) is 5.32 Å². The number of nitrogens with zero attached hydrogens (tertiary/aromatic N) is 5. The van der Waals surface area contributed by atoms with E-state index >= 15 is 0 Å². The van der Waals surface area contributed by atoms with Crippen LogP contribution in [0.5, 0.6) is 0 Å². The van der Waals surface area contributed by atoms with Gasteiger partial charge < -0.3 is 14.4 Å². The highest BCUT2D eigenvalue weighted by Gasteiger charge is 2.30. The fourth-order valence-electron chi connectivity index (χ4n) is 3.09. The summed E-state index contributed by atoms with van der Waals surface area (Å²) in [4.78, 5) is 21.5. The first-order valence-electron chi connectivity index (χ1n) is 9.00. The molecule has 0 aliphatic heterocycles. The fourth-order valence-corrected chi connectivity index (χ4v) is 4.97. The molecule has 1 aromatic carbocycles. The van der Waals surface area contributed by atoms with Crippen LogP contribution in [0, 0.1) is 6.92 Å². The topological polar surface area (TPSA) is 122 Å². The lowest BCUT2D eigenvalue weighted by molar-refractivity contribution is 0.101. The molecule has 160 valence electrons. The molecule has 0 fully saturated rings. The van der Waals surface area contributed by atoms with Crippen LogP contribution >= 0.6 is 27.5 Å². The van der Waals surface area contributed by atoms with E-state index in [0.29, 0.717) is 37.5 Å². The van der Waals surface area contributed by atoms with Crippen molar-refractivity contribution in [3.8, 4) is 0 Å². The van der Waals surface area contributed by atoms with Crippen molar-refractivity contribution in [1.29, 1.82) is 0 Å². The summed E-state index contributed by atoms with van der Waals surface area (Å²) in [6, 6.07) is 5.11. The van der Waals surface area contributed by atoms with E-state index < -0.39 is 11.2 Å². The third kappa shape index (κ3) is 4.31. The molecule has 0 bridgehead atoms. The van der Waals surface area contributed by atoms with Gasteiger partial charge in [-0.1, -0.05) is 16.8 Å².